The average Bonchev–Trinajstić information content (AvgIpc) is 3.12. The third-order valence-corrected chi connectivity index (χ3v) is 5.34. The minimum absolute atomic E-state index is 0.0753. The molecule has 0 fully saturated rings. The minimum Gasteiger partial charge on any atom is -0.347 e. The Morgan fingerprint density at radius 3 is 3.13 bits per heavy atom. The second-order valence-electron chi connectivity index (χ2n) is 5.05. The van der Waals surface area contributed by atoms with Crippen molar-refractivity contribution in [2.24, 2.45) is 0 Å². The van der Waals surface area contributed by atoms with E-state index in [0.717, 1.165) is 20.3 Å². The molecule has 0 aliphatic rings. The van der Waals surface area contributed by atoms with Gasteiger partial charge in [-0.05, 0) is 40.5 Å². The summed E-state index contributed by atoms with van der Waals surface area (Å²) in [5, 5.41) is 5.02. The summed E-state index contributed by atoms with van der Waals surface area (Å²) in [6.07, 6.45) is 7.51. The maximum atomic E-state index is 12.6. The van der Waals surface area contributed by atoms with Crippen molar-refractivity contribution in [3.63, 3.8) is 0 Å². The van der Waals surface area contributed by atoms with E-state index in [0.29, 0.717) is 18.8 Å². The molecule has 0 bridgehead atoms. The first kappa shape index (κ1) is 16.0. The number of amides is 1. The van der Waals surface area contributed by atoms with E-state index in [2.05, 4.69) is 26.2 Å². The van der Waals surface area contributed by atoms with Gasteiger partial charge in [0.25, 0.3) is 5.91 Å². The van der Waals surface area contributed by atoms with Crippen molar-refractivity contribution < 1.29 is 4.79 Å². The Balaban J connectivity index is 1.87. The second kappa shape index (κ2) is 7.10. The SMILES string of the molecule is CC=CCn1c(C(=O)NCc2cccnc2)cc2scc(Br)c21. The van der Waals surface area contributed by atoms with Gasteiger partial charge in [-0.1, -0.05) is 18.2 Å². The topological polar surface area (TPSA) is 46.9 Å². The monoisotopic (exact) mass is 389 g/mol. The maximum absolute atomic E-state index is 12.6. The quantitative estimate of drug-likeness (QED) is 0.658. The Kier molecular flexibility index (Phi) is 4.93. The van der Waals surface area contributed by atoms with Gasteiger partial charge >= 0.3 is 0 Å². The van der Waals surface area contributed by atoms with Gasteiger partial charge in [-0.25, -0.2) is 0 Å². The van der Waals surface area contributed by atoms with Crippen LogP contribution < -0.4 is 5.32 Å². The standard InChI is InChI=1S/C17H16BrN3OS/c1-2-3-7-21-14(8-15-16(21)13(18)11-23-15)17(22)20-10-12-5-4-6-19-9-12/h2-6,8-9,11H,7,10H2,1H3,(H,20,22). The second-order valence-corrected chi connectivity index (χ2v) is 6.82. The molecule has 118 valence electrons. The predicted molar refractivity (Wildman–Crippen MR) is 97.7 cm³/mol. The number of fused-ring (bicyclic) bond motifs is 1. The zero-order valence-corrected chi connectivity index (χ0v) is 15.0. The molecule has 6 heteroatoms. The highest BCUT2D eigenvalue weighted by atomic mass is 79.9. The number of aromatic nitrogens is 2. The van der Waals surface area contributed by atoms with Crippen molar-refractivity contribution in [3.05, 3.63) is 63.9 Å². The minimum atomic E-state index is -0.0753. The van der Waals surface area contributed by atoms with Crippen LogP contribution in [0.25, 0.3) is 10.2 Å². The van der Waals surface area contributed by atoms with Crippen LogP contribution in [0.2, 0.25) is 0 Å². The smallest absolute Gasteiger partial charge is 0.268 e. The molecular formula is C17H16BrN3OS. The maximum Gasteiger partial charge on any atom is 0.268 e. The molecule has 1 N–H and O–H groups in total. The van der Waals surface area contributed by atoms with E-state index in [-0.39, 0.29) is 5.91 Å². The first-order valence-corrected chi connectivity index (χ1v) is 8.92. The molecule has 1 amide bonds. The third kappa shape index (κ3) is 3.38. The van der Waals surface area contributed by atoms with Crippen LogP contribution in [-0.4, -0.2) is 15.5 Å². The summed E-state index contributed by atoms with van der Waals surface area (Å²) in [5.41, 5.74) is 2.73. The predicted octanol–water partition coefficient (Wildman–Crippen LogP) is 4.37. The molecule has 0 aromatic carbocycles. The van der Waals surface area contributed by atoms with E-state index in [4.69, 9.17) is 0 Å². The molecule has 0 saturated heterocycles. The van der Waals surface area contributed by atoms with Crippen molar-refractivity contribution >= 4 is 43.4 Å². The molecule has 3 rings (SSSR count). The van der Waals surface area contributed by atoms with E-state index in [9.17, 15) is 4.79 Å². The third-order valence-electron chi connectivity index (χ3n) is 3.51. The highest BCUT2D eigenvalue weighted by Crippen LogP contribution is 2.33. The average molecular weight is 390 g/mol. The first-order chi connectivity index (χ1) is 11.2. The molecule has 0 aliphatic carbocycles. The molecular weight excluding hydrogens is 374 g/mol. The van der Waals surface area contributed by atoms with Crippen molar-refractivity contribution in [3.8, 4) is 0 Å². The number of allylic oxidation sites excluding steroid dienone is 2. The number of thiophene rings is 1. The highest BCUT2D eigenvalue weighted by Gasteiger charge is 2.17. The van der Waals surface area contributed by atoms with E-state index in [1.54, 1.807) is 23.7 Å². The fourth-order valence-corrected chi connectivity index (χ4v) is 4.09. The van der Waals surface area contributed by atoms with E-state index in [1.807, 2.05) is 47.2 Å². The Hall–Kier alpha value is -1.92. The van der Waals surface area contributed by atoms with Crippen LogP contribution in [0.5, 0.6) is 0 Å². The lowest BCUT2D eigenvalue weighted by molar-refractivity contribution is 0.0942. The summed E-state index contributed by atoms with van der Waals surface area (Å²) < 4.78 is 4.16. The molecule has 3 heterocycles. The number of nitrogens with zero attached hydrogens (tertiary/aromatic N) is 2. The summed E-state index contributed by atoms with van der Waals surface area (Å²) in [6.45, 7) is 3.12. The molecule has 0 radical (unpaired) electrons. The van der Waals surface area contributed by atoms with Gasteiger partial charge in [-0.3, -0.25) is 9.78 Å². The van der Waals surface area contributed by atoms with Gasteiger partial charge in [0.15, 0.2) is 0 Å². The Bertz CT molecular complexity index is 851. The Morgan fingerprint density at radius 1 is 1.52 bits per heavy atom. The number of halogens is 1. The molecule has 0 unspecified atom stereocenters. The van der Waals surface area contributed by atoms with Crippen LogP contribution >= 0.6 is 27.3 Å². The van der Waals surface area contributed by atoms with Gasteiger partial charge in [0, 0.05) is 30.9 Å². The number of pyridine rings is 1. The van der Waals surface area contributed by atoms with Crippen molar-refractivity contribution in [1.29, 1.82) is 0 Å². The largest absolute Gasteiger partial charge is 0.347 e. The van der Waals surface area contributed by atoms with Gasteiger partial charge in [-0.2, -0.15) is 0 Å². The van der Waals surface area contributed by atoms with Crippen LogP contribution in [0.3, 0.4) is 0 Å². The zero-order valence-electron chi connectivity index (χ0n) is 12.6. The lowest BCUT2D eigenvalue weighted by Crippen LogP contribution is -2.25. The fourth-order valence-electron chi connectivity index (χ4n) is 2.40. The summed E-state index contributed by atoms with van der Waals surface area (Å²) in [6, 6.07) is 5.76. The van der Waals surface area contributed by atoms with Gasteiger partial charge in [-0.15, -0.1) is 11.3 Å². The van der Waals surface area contributed by atoms with Crippen molar-refractivity contribution in [2.45, 2.75) is 20.0 Å². The van der Waals surface area contributed by atoms with E-state index < -0.39 is 0 Å². The van der Waals surface area contributed by atoms with Gasteiger partial charge in [0.1, 0.15) is 5.69 Å². The van der Waals surface area contributed by atoms with Crippen molar-refractivity contribution in [2.75, 3.05) is 0 Å². The first-order valence-electron chi connectivity index (χ1n) is 7.25. The molecule has 0 spiro atoms. The summed E-state index contributed by atoms with van der Waals surface area (Å²) >= 11 is 5.21. The summed E-state index contributed by atoms with van der Waals surface area (Å²) in [7, 11) is 0. The molecule has 3 aromatic rings. The number of hydrogen-bond acceptors (Lipinski definition) is 3. The summed E-state index contributed by atoms with van der Waals surface area (Å²) in [5.74, 6) is -0.0753. The number of nitrogens with one attached hydrogen (secondary N) is 1. The number of hydrogen-bond donors (Lipinski definition) is 1. The van der Waals surface area contributed by atoms with Crippen LogP contribution in [0, 0.1) is 0 Å². The molecule has 4 nitrogen and oxygen atoms in total. The number of rotatable bonds is 5. The molecule has 3 aromatic heterocycles. The highest BCUT2D eigenvalue weighted by molar-refractivity contribution is 9.10. The lowest BCUT2D eigenvalue weighted by atomic mass is 10.3. The van der Waals surface area contributed by atoms with Gasteiger partial charge < -0.3 is 9.88 Å². The molecule has 23 heavy (non-hydrogen) atoms. The van der Waals surface area contributed by atoms with E-state index in [1.165, 1.54) is 0 Å². The molecule has 0 atom stereocenters. The Morgan fingerprint density at radius 2 is 2.39 bits per heavy atom. The van der Waals surface area contributed by atoms with Gasteiger partial charge in [0.2, 0.25) is 0 Å². The fraction of sp³-hybridized carbons (Fsp3) is 0.176. The van der Waals surface area contributed by atoms with Crippen LogP contribution in [-0.2, 0) is 13.1 Å². The van der Waals surface area contributed by atoms with Crippen LogP contribution in [0.1, 0.15) is 23.0 Å². The number of carbonyl (C=O) groups is 1. The van der Waals surface area contributed by atoms with Gasteiger partial charge in [0.05, 0.1) is 14.7 Å². The zero-order chi connectivity index (χ0) is 16.2. The van der Waals surface area contributed by atoms with E-state index >= 15 is 0 Å². The molecule has 0 aliphatic heterocycles. The number of carbonyl (C=O) groups excluding carboxylic acids is 1. The van der Waals surface area contributed by atoms with Crippen molar-refractivity contribution in [1.82, 2.24) is 14.9 Å². The normalized spacial score (nSPS) is 11.4. The lowest BCUT2D eigenvalue weighted by Gasteiger charge is -2.09. The summed E-state index contributed by atoms with van der Waals surface area (Å²) in [4.78, 5) is 16.7. The van der Waals surface area contributed by atoms with Crippen LogP contribution in [0.15, 0.2) is 52.6 Å². The Labute approximate surface area is 147 Å². The van der Waals surface area contributed by atoms with Crippen LogP contribution in [0.4, 0.5) is 0 Å². The molecule has 0 saturated carbocycles.